The maximum atomic E-state index is 6.68. The summed E-state index contributed by atoms with van der Waals surface area (Å²) in [5, 5.41) is 2.19. The highest BCUT2D eigenvalue weighted by atomic mass is 16.3. The van der Waals surface area contributed by atoms with Crippen LogP contribution in [-0.4, -0.2) is 0 Å². The number of rotatable bonds is 6. The quantitative estimate of drug-likeness (QED) is 0.167. The van der Waals surface area contributed by atoms with E-state index >= 15 is 0 Å². The lowest BCUT2D eigenvalue weighted by molar-refractivity contribution is 0.669. The van der Waals surface area contributed by atoms with E-state index in [9.17, 15) is 0 Å². The Morgan fingerprint density at radius 1 is 0.317 bits per heavy atom. The van der Waals surface area contributed by atoms with E-state index in [1.54, 1.807) is 0 Å². The molecule has 0 radical (unpaired) electrons. The van der Waals surface area contributed by atoms with Gasteiger partial charge in [0.15, 0.2) is 0 Å². The fourth-order valence-corrected chi connectivity index (χ4v) is 10.9. The van der Waals surface area contributed by atoms with Crippen molar-refractivity contribution in [2.75, 3.05) is 4.90 Å². The molecule has 13 rings (SSSR count). The van der Waals surface area contributed by atoms with E-state index < -0.39 is 5.41 Å². The van der Waals surface area contributed by atoms with E-state index in [2.05, 4.69) is 241 Å². The molecule has 0 bridgehead atoms. The second-order valence-electron chi connectivity index (χ2n) is 16.7. The van der Waals surface area contributed by atoms with Gasteiger partial charge in [-0.3, -0.25) is 0 Å². The summed E-state index contributed by atoms with van der Waals surface area (Å²) in [6.45, 7) is 0. The third kappa shape index (κ3) is 5.19. The van der Waals surface area contributed by atoms with Gasteiger partial charge in [0, 0.05) is 27.7 Å². The van der Waals surface area contributed by atoms with Gasteiger partial charge >= 0.3 is 0 Å². The number of hydrogen-bond acceptors (Lipinski definition) is 2. The molecule has 0 N–H and O–H groups in total. The normalized spacial score (nSPS) is 12.9. The van der Waals surface area contributed by atoms with Crippen molar-refractivity contribution in [3.05, 3.63) is 259 Å². The Balaban J connectivity index is 1.13. The molecule has 0 saturated heterocycles. The van der Waals surface area contributed by atoms with Gasteiger partial charge in [-0.1, -0.05) is 194 Å². The highest BCUT2D eigenvalue weighted by Crippen LogP contribution is 2.63. The van der Waals surface area contributed by atoms with E-state index in [1.807, 2.05) is 0 Å². The SMILES string of the molecule is c1ccc(-c2ccc(N(c3ccc4c(c3)C3(c5ccccc5-c5ccccc53)c3ccccc3-4)c3ccc4oc5ccccc5c4c3-c3ccccc3-c3ccccc3)cc2)cc1. The maximum Gasteiger partial charge on any atom is 0.136 e. The Hall–Kier alpha value is -8.20. The van der Waals surface area contributed by atoms with Gasteiger partial charge in [-0.2, -0.15) is 0 Å². The molecule has 2 aliphatic rings. The first-order valence-corrected chi connectivity index (χ1v) is 21.8. The van der Waals surface area contributed by atoms with Crippen LogP contribution in [0.2, 0.25) is 0 Å². The van der Waals surface area contributed by atoms with Crippen molar-refractivity contribution in [2.45, 2.75) is 5.41 Å². The zero-order chi connectivity index (χ0) is 41.5. The van der Waals surface area contributed by atoms with E-state index in [0.717, 1.165) is 50.1 Å². The third-order valence-electron chi connectivity index (χ3n) is 13.5. The molecule has 1 spiro atoms. The first-order chi connectivity index (χ1) is 31.3. The van der Waals surface area contributed by atoms with Crippen LogP contribution in [0.15, 0.2) is 241 Å². The number of hydrogen-bond donors (Lipinski definition) is 0. The van der Waals surface area contributed by atoms with Crippen LogP contribution in [0.4, 0.5) is 17.1 Å². The molecule has 2 heteroatoms. The summed E-state index contributed by atoms with van der Waals surface area (Å²) in [6.07, 6.45) is 0. The molecule has 63 heavy (non-hydrogen) atoms. The highest BCUT2D eigenvalue weighted by molar-refractivity contribution is 6.18. The zero-order valence-electron chi connectivity index (χ0n) is 34.4. The van der Waals surface area contributed by atoms with E-state index in [4.69, 9.17) is 4.42 Å². The molecule has 1 aromatic heterocycles. The maximum absolute atomic E-state index is 6.68. The second-order valence-corrected chi connectivity index (χ2v) is 16.7. The van der Waals surface area contributed by atoms with Crippen LogP contribution in [0.1, 0.15) is 22.3 Å². The highest BCUT2D eigenvalue weighted by Gasteiger charge is 2.51. The Morgan fingerprint density at radius 2 is 0.810 bits per heavy atom. The lowest BCUT2D eigenvalue weighted by Crippen LogP contribution is -2.26. The van der Waals surface area contributed by atoms with Crippen LogP contribution < -0.4 is 4.90 Å². The predicted molar refractivity (Wildman–Crippen MR) is 261 cm³/mol. The summed E-state index contributed by atoms with van der Waals surface area (Å²) >= 11 is 0. The first kappa shape index (κ1) is 35.5. The number of fused-ring (bicyclic) bond motifs is 13. The van der Waals surface area contributed by atoms with Gasteiger partial charge in [0.05, 0.1) is 11.1 Å². The molecule has 0 amide bonds. The molecule has 0 saturated carbocycles. The fourth-order valence-electron chi connectivity index (χ4n) is 10.9. The van der Waals surface area contributed by atoms with Gasteiger partial charge in [-0.25, -0.2) is 0 Å². The summed E-state index contributed by atoms with van der Waals surface area (Å²) in [5.74, 6) is 0. The van der Waals surface area contributed by atoms with Crippen LogP contribution in [0.5, 0.6) is 0 Å². The summed E-state index contributed by atoms with van der Waals surface area (Å²) in [6, 6.07) is 86.5. The largest absolute Gasteiger partial charge is 0.456 e. The van der Waals surface area contributed by atoms with E-state index in [1.165, 1.54) is 66.8 Å². The molecule has 0 unspecified atom stereocenters. The van der Waals surface area contributed by atoms with Crippen LogP contribution in [-0.2, 0) is 5.41 Å². The Morgan fingerprint density at radius 3 is 1.46 bits per heavy atom. The van der Waals surface area contributed by atoms with E-state index in [0.29, 0.717) is 0 Å². The minimum atomic E-state index is -0.481. The molecule has 2 nitrogen and oxygen atoms in total. The van der Waals surface area contributed by atoms with Gasteiger partial charge in [-0.05, 0) is 115 Å². The Kier molecular flexibility index (Phi) is 7.85. The van der Waals surface area contributed by atoms with Crippen LogP contribution >= 0.6 is 0 Å². The molecular weight excluding hydrogens is 763 g/mol. The molecular formula is C61H39NO. The number of benzene rings is 10. The minimum Gasteiger partial charge on any atom is -0.456 e. The lowest BCUT2D eigenvalue weighted by atomic mass is 9.70. The summed E-state index contributed by atoms with van der Waals surface area (Å²) in [7, 11) is 0. The summed E-state index contributed by atoms with van der Waals surface area (Å²) < 4.78 is 6.68. The van der Waals surface area contributed by atoms with Crippen LogP contribution in [0.3, 0.4) is 0 Å². The van der Waals surface area contributed by atoms with Crippen LogP contribution in [0, 0.1) is 0 Å². The van der Waals surface area contributed by atoms with Gasteiger partial charge < -0.3 is 9.32 Å². The molecule has 294 valence electrons. The smallest absolute Gasteiger partial charge is 0.136 e. The molecule has 0 fully saturated rings. The predicted octanol–water partition coefficient (Wildman–Crippen LogP) is 16.4. The van der Waals surface area contributed by atoms with Gasteiger partial charge in [0.1, 0.15) is 11.2 Å². The van der Waals surface area contributed by atoms with Crippen molar-refractivity contribution in [1.82, 2.24) is 0 Å². The van der Waals surface area contributed by atoms with E-state index in [-0.39, 0.29) is 0 Å². The van der Waals surface area contributed by atoms with Crippen molar-refractivity contribution >= 4 is 39.0 Å². The number of anilines is 3. The van der Waals surface area contributed by atoms with Crippen molar-refractivity contribution < 1.29 is 4.42 Å². The first-order valence-electron chi connectivity index (χ1n) is 21.8. The summed E-state index contributed by atoms with van der Waals surface area (Å²) in [4.78, 5) is 2.48. The van der Waals surface area contributed by atoms with Crippen molar-refractivity contribution in [3.63, 3.8) is 0 Å². The molecule has 0 atom stereocenters. The zero-order valence-corrected chi connectivity index (χ0v) is 34.4. The number of furan rings is 1. The molecule has 10 aromatic carbocycles. The third-order valence-corrected chi connectivity index (χ3v) is 13.5. The average molecular weight is 802 g/mol. The molecule has 2 aliphatic carbocycles. The lowest BCUT2D eigenvalue weighted by Gasteiger charge is -2.33. The number of nitrogens with zero attached hydrogens (tertiary/aromatic N) is 1. The van der Waals surface area contributed by atoms with Gasteiger partial charge in [-0.15, -0.1) is 0 Å². The Labute approximate surface area is 366 Å². The fraction of sp³-hybridized carbons (Fsp3) is 0.0164. The average Bonchev–Trinajstić information content (AvgIpc) is 3.99. The second kappa shape index (κ2) is 13.9. The molecule has 0 aliphatic heterocycles. The molecule has 11 aromatic rings. The van der Waals surface area contributed by atoms with Crippen LogP contribution in [0.25, 0.3) is 77.6 Å². The topological polar surface area (TPSA) is 16.4 Å². The summed E-state index contributed by atoms with van der Waals surface area (Å²) in [5.41, 5.74) is 21.9. The molecule has 1 heterocycles. The van der Waals surface area contributed by atoms with Gasteiger partial charge in [0.25, 0.3) is 0 Å². The minimum absolute atomic E-state index is 0.481. The standard InChI is InChI=1S/C61H39NO/c1-3-17-40(18-4-1)41-31-33-43(34-32-41)62(56-37-38-58-60(51-26-12-16-30-57(51)63-58)59(56)50-25-8-7-21-45(50)42-19-5-2-6-20-42)44-35-36-49-48-24-11-15-29-54(48)61(55(49)39-44)52-27-13-9-22-46(52)47-23-10-14-28-53(47)61/h1-39H. The van der Waals surface area contributed by atoms with Crippen molar-refractivity contribution in [1.29, 1.82) is 0 Å². The van der Waals surface area contributed by atoms with Crippen molar-refractivity contribution in [2.24, 2.45) is 0 Å². The van der Waals surface area contributed by atoms with Gasteiger partial charge in [0.2, 0.25) is 0 Å². The number of para-hydroxylation sites is 1. The monoisotopic (exact) mass is 801 g/mol. The Bertz CT molecular complexity index is 3500. The van der Waals surface area contributed by atoms with Crippen molar-refractivity contribution in [3.8, 4) is 55.6 Å².